The molecule has 3 heterocycles. The van der Waals surface area contributed by atoms with Gasteiger partial charge in [-0.2, -0.15) is 0 Å². The fourth-order valence-electron chi connectivity index (χ4n) is 2.62. The summed E-state index contributed by atoms with van der Waals surface area (Å²) in [6.07, 6.45) is 4.32. The van der Waals surface area contributed by atoms with Crippen LogP contribution in [-0.2, 0) is 0 Å². The largest absolute Gasteiger partial charge is 0.481 e. The summed E-state index contributed by atoms with van der Waals surface area (Å²) < 4.78 is 5.00. The fraction of sp³-hybridized carbons (Fsp3) is 0.400. The molecule has 0 radical (unpaired) electrons. The van der Waals surface area contributed by atoms with Crippen molar-refractivity contribution in [2.45, 2.75) is 19.3 Å². The Morgan fingerprint density at radius 1 is 1.38 bits per heavy atom. The number of imidazole rings is 1. The quantitative estimate of drug-likeness (QED) is 0.933. The molecule has 1 amide bonds. The summed E-state index contributed by atoms with van der Waals surface area (Å²) in [6, 6.07) is 3.45. The molecule has 0 bridgehead atoms. The first kappa shape index (κ1) is 13.6. The van der Waals surface area contributed by atoms with Crippen molar-refractivity contribution >= 4 is 5.91 Å². The molecule has 0 aromatic carbocycles. The van der Waals surface area contributed by atoms with Crippen molar-refractivity contribution in [3.05, 3.63) is 41.6 Å². The van der Waals surface area contributed by atoms with Gasteiger partial charge in [-0.15, -0.1) is 0 Å². The van der Waals surface area contributed by atoms with Crippen LogP contribution in [0.2, 0.25) is 0 Å². The molecule has 0 aliphatic carbocycles. The van der Waals surface area contributed by atoms with Crippen molar-refractivity contribution in [3.63, 3.8) is 0 Å². The van der Waals surface area contributed by atoms with Crippen molar-refractivity contribution in [2.75, 3.05) is 20.2 Å². The zero-order valence-corrected chi connectivity index (χ0v) is 12.2. The second-order valence-electron chi connectivity index (χ2n) is 5.28. The lowest BCUT2D eigenvalue weighted by Gasteiger charge is -2.16. The Kier molecular flexibility index (Phi) is 3.60. The summed E-state index contributed by atoms with van der Waals surface area (Å²) in [5.41, 5.74) is 1.64. The van der Waals surface area contributed by atoms with E-state index >= 15 is 0 Å². The molecule has 0 saturated carbocycles. The highest BCUT2D eigenvalue weighted by atomic mass is 16.5. The molecule has 0 unspecified atom stereocenters. The summed E-state index contributed by atoms with van der Waals surface area (Å²) >= 11 is 0. The number of aryl methyl sites for hydroxylation is 1. The molecule has 21 heavy (non-hydrogen) atoms. The molecule has 1 aliphatic rings. The first-order valence-corrected chi connectivity index (χ1v) is 6.98. The van der Waals surface area contributed by atoms with E-state index in [2.05, 4.69) is 15.0 Å². The topological polar surface area (TPSA) is 71.1 Å². The van der Waals surface area contributed by atoms with Gasteiger partial charge in [0.05, 0.1) is 12.7 Å². The predicted octanol–water partition coefficient (Wildman–Crippen LogP) is 1.75. The van der Waals surface area contributed by atoms with Gasteiger partial charge in [0.2, 0.25) is 5.88 Å². The van der Waals surface area contributed by atoms with Crippen LogP contribution in [0.1, 0.15) is 34.2 Å². The minimum absolute atomic E-state index is 0.0101. The number of H-pyrrole nitrogens is 1. The van der Waals surface area contributed by atoms with Gasteiger partial charge in [-0.05, 0) is 19.4 Å². The van der Waals surface area contributed by atoms with Gasteiger partial charge in [-0.25, -0.2) is 9.97 Å². The van der Waals surface area contributed by atoms with Crippen LogP contribution in [0, 0.1) is 6.92 Å². The molecule has 1 saturated heterocycles. The number of amides is 1. The number of likely N-dealkylation sites (tertiary alicyclic amines) is 1. The number of hydrogen-bond donors (Lipinski definition) is 1. The number of nitrogens with one attached hydrogen (secondary N) is 1. The molecular formula is C15H18N4O2. The number of methoxy groups -OCH3 is 1. The van der Waals surface area contributed by atoms with Gasteiger partial charge in [0.25, 0.3) is 5.91 Å². The molecule has 6 nitrogen and oxygen atoms in total. The van der Waals surface area contributed by atoms with Gasteiger partial charge in [-0.1, -0.05) is 0 Å². The highest BCUT2D eigenvalue weighted by molar-refractivity contribution is 5.94. The Morgan fingerprint density at radius 2 is 2.24 bits per heavy atom. The van der Waals surface area contributed by atoms with Crippen molar-refractivity contribution in [2.24, 2.45) is 0 Å². The lowest BCUT2D eigenvalue weighted by atomic mass is 10.1. The molecular weight excluding hydrogens is 268 g/mol. The van der Waals surface area contributed by atoms with Gasteiger partial charge < -0.3 is 14.6 Å². The zero-order chi connectivity index (χ0) is 14.8. The average Bonchev–Trinajstić information content (AvgIpc) is 3.15. The third kappa shape index (κ3) is 2.74. The number of nitrogens with zero attached hydrogens (tertiary/aromatic N) is 3. The Morgan fingerprint density at radius 3 is 2.86 bits per heavy atom. The number of aromatic nitrogens is 3. The summed E-state index contributed by atoms with van der Waals surface area (Å²) in [5.74, 6) is 1.78. The number of hydrogen-bond acceptors (Lipinski definition) is 4. The van der Waals surface area contributed by atoms with E-state index in [1.165, 1.54) is 0 Å². The Hall–Kier alpha value is -2.37. The second kappa shape index (κ2) is 5.55. The maximum Gasteiger partial charge on any atom is 0.255 e. The molecule has 6 heteroatoms. The molecule has 3 rings (SSSR count). The van der Waals surface area contributed by atoms with Crippen LogP contribution in [0.25, 0.3) is 0 Å². The van der Waals surface area contributed by atoms with E-state index < -0.39 is 0 Å². The SMILES string of the molecule is COc1ccc(C(=O)N2CC[C@H](c3ncc(C)[nH]3)C2)cn1. The molecule has 2 aromatic heterocycles. The van der Waals surface area contributed by atoms with Crippen molar-refractivity contribution in [1.29, 1.82) is 0 Å². The van der Waals surface area contributed by atoms with Gasteiger partial charge >= 0.3 is 0 Å². The van der Waals surface area contributed by atoms with Crippen LogP contribution >= 0.6 is 0 Å². The Balaban J connectivity index is 1.68. The van der Waals surface area contributed by atoms with Gasteiger partial charge in [0.1, 0.15) is 5.82 Å². The van der Waals surface area contributed by atoms with E-state index in [0.717, 1.165) is 24.5 Å². The number of carbonyl (C=O) groups is 1. The third-order valence-corrected chi connectivity index (χ3v) is 3.78. The summed E-state index contributed by atoms with van der Waals surface area (Å²) in [7, 11) is 1.56. The molecule has 2 aromatic rings. The van der Waals surface area contributed by atoms with Crippen molar-refractivity contribution in [3.8, 4) is 5.88 Å². The van der Waals surface area contributed by atoms with E-state index in [1.54, 1.807) is 25.4 Å². The van der Waals surface area contributed by atoms with Gasteiger partial charge in [-0.3, -0.25) is 4.79 Å². The average molecular weight is 286 g/mol. The molecule has 110 valence electrons. The number of ether oxygens (including phenoxy) is 1. The predicted molar refractivity (Wildman–Crippen MR) is 77.4 cm³/mol. The highest BCUT2D eigenvalue weighted by Crippen LogP contribution is 2.26. The minimum atomic E-state index is 0.0101. The van der Waals surface area contributed by atoms with Crippen molar-refractivity contribution < 1.29 is 9.53 Å². The lowest BCUT2D eigenvalue weighted by Crippen LogP contribution is -2.28. The van der Waals surface area contributed by atoms with E-state index in [9.17, 15) is 4.79 Å². The molecule has 1 aliphatic heterocycles. The summed E-state index contributed by atoms with van der Waals surface area (Å²) in [5, 5.41) is 0. The summed E-state index contributed by atoms with van der Waals surface area (Å²) in [6.45, 7) is 3.42. The monoisotopic (exact) mass is 286 g/mol. The van der Waals surface area contributed by atoms with Crippen LogP contribution in [-0.4, -0.2) is 46.0 Å². The first-order valence-electron chi connectivity index (χ1n) is 6.98. The standard InChI is InChI=1S/C15H18N4O2/c1-10-7-17-14(18-10)12-5-6-19(9-12)15(20)11-3-4-13(21-2)16-8-11/h3-4,7-8,12H,5-6,9H2,1-2H3,(H,17,18)/t12-/m0/s1. The Labute approximate surface area is 123 Å². The zero-order valence-electron chi connectivity index (χ0n) is 12.2. The second-order valence-corrected chi connectivity index (χ2v) is 5.28. The van der Waals surface area contributed by atoms with Crippen molar-refractivity contribution in [1.82, 2.24) is 19.9 Å². The van der Waals surface area contributed by atoms with E-state index in [1.807, 2.05) is 18.0 Å². The van der Waals surface area contributed by atoms with Gasteiger partial charge in [0.15, 0.2) is 0 Å². The van der Waals surface area contributed by atoms with E-state index in [4.69, 9.17) is 4.74 Å². The molecule has 0 spiro atoms. The maximum absolute atomic E-state index is 12.4. The van der Waals surface area contributed by atoms with Crippen LogP contribution in [0.3, 0.4) is 0 Å². The number of carbonyl (C=O) groups excluding carboxylic acids is 1. The summed E-state index contributed by atoms with van der Waals surface area (Å²) in [4.78, 5) is 26.0. The van der Waals surface area contributed by atoms with E-state index in [-0.39, 0.29) is 11.8 Å². The number of rotatable bonds is 3. The Bertz CT molecular complexity index is 635. The smallest absolute Gasteiger partial charge is 0.255 e. The fourth-order valence-corrected chi connectivity index (χ4v) is 2.62. The van der Waals surface area contributed by atoms with Crippen LogP contribution in [0.5, 0.6) is 5.88 Å². The van der Waals surface area contributed by atoms with E-state index in [0.29, 0.717) is 18.0 Å². The maximum atomic E-state index is 12.4. The van der Waals surface area contributed by atoms with Crippen LogP contribution in [0.4, 0.5) is 0 Å². The first-order chi connectivity index (χ1) is 10.2. The molecule has 1 fully saturated rings. The normalized spacial score (nSPS) is 18.0. The number of aromatic amines is 1. The molecule has 1 atom stereocenters. The third-order valence-electron chi connectivity index (χ3n) is 3.78. The van der Waals surface area contributed by atoms with Crippen LogP contribution in [0.15, 0.2) is 24.5 Å². The van der Waals surface area contributed by atoms with Gasteiger partial charge in [0, 0.05) is 43.2 Å². The molecule has 1 N–H and O–H groups in total. The lowest BCUT2D eigenvalue weighted by molar-refractivity contribution is 0.0790. The van der Waals surface area contributed by atoms with Crippen LogP contribution < -0.4 is 4.74 Å². The number of pyridine rings is 1. The minimum Gasteiger partial charge on any atom is -0.481 e. The highest BCUT2D eigenvalue weighted by Gasteiger charge is 2.29.